The van der Waals surface area contributed by atoms with Crippen LogP contribution in [0.3, 0.4) is 0 Å². The molecule has 0 saturated heterocycles. The zero-order valence-corrected chi connectivity index (χ0v) is 15.3. The Balaban J connectivity index is 2.04. The van der Waals surface area contributed by atoms with Crippen LogP contribution in [0.4, 0.5) is 5.69 Å². The Morgan fingerprint density at radius 2 is 1.79 bits per heavy atom. The summed E-state index contributed by atoms with van der Waals surface area (Å²) >= 11 is 0. The number of benzene rings is 2. The van der Waals surface area contributed by atoms with E-state index in [2.05, 4.69) is 10.4 Å². The number of hydrogen-bond donors (Lipinski definition) is 2. The van der Waals surface area contributed by atoms with Crippen molar-refractivity contribution >= 4 is 17.5 Å². The number of methoxy groups -OCH3 is 1. The highest BCUT2D eigenvalue weighted by Crippen LogP contribution is 2.19. The highest BCUT2D eigenvalue weighted by atomic mass is 16.5. The van der Waals surface area contributed by atoms with Crippen LogP contribution in [0.1, 0.15) is 26.4 Å². The maximum atomic E-state index is 12.8. The summed E-state index contributed by atoms with van der Waals surface area (Å²) in [5.41, 5.74) is 6.69. The van der Waals surface area contributed by atoms with Crippen LogP contribution >= 0.6 is 0 Å². The molecule has 1 aromatic heterocycles. The lowest BCUT2D eigenvalue weighted by molar-refractivity contribution is 0.100. The molecule has 3 rings (SSSR count). The number of nitrogens with two attached hydrogens (primary N) is 1. The number of primary amides is 1. The van der Waals surface area contributed by atoms with Gasteiger partial charge in [-0.15, -0.1) is 0 Å². The van der Waals surface area contributed by atoms with Crippen molar-refractivity contribution in [2.24, 2.45) is 5.73 Å². The number of nitrogens with one attached hydrogen (secondary N) is 1. The summed E-state index contributed by atoms with van der Waals surface area (Å²) in [5.74, 6) is -1.31. The molecule has 8 nitrogen and oxygen atoms in total. The fraction of sp³-hybridized carbons (Fsp3) is 0.100. The first kappa shape index (κ1) is 18.8. The van der Waals surface area contributed by atoms with Crippen LogP contribution in [0, 0.1) is 6.92 Å². The molecule has 3 N–H and O–H groups in total. The first-order valence-electron chi connectivity index (χ1n) is 8.36. The number of rotatable bonds is 5. The number of nitrogens with zero attached hydrogens (tertiary/aromatic N) is 2. The second-order valence-electron chi connectivity index (χ2n) is 6.01. The molecule has 28 heavy (non-hydrogen) atoms. The summed E-state index contributed by atoms with van der Waals surface area (Å²) in [6, 6.07) is 14.6. The second kappa shape index (κ2) is 7.75. The van der Waals surface area contributed by atoms with E-state index in [0.717, 1.165) is 10.2 Å². The van der Waals surface area contributed by atoms with E-state index in [-0.39, 0.29) is 22.7 Å². The van der Waals surface area contributed by atoms with E-state index in [4.69, 9.17) is 10.5 Å². The van der Waals surface area contributed by atoms with Crippen molar-refractivity contribution in [2.45, 2.75) is 6.92 Å². The SMILES string of the molecule is COc1cc(=O)n(-c2ccc(C)cc2)nc1C(=O)Nc1ccccc1C(N)=O. The van der Waals surface area contributed by atoms with Gasteiger partial charge in [0.25, 0.3) is 17.4 Å². The fourth-order valence-corrected chi connectivity index (χ4v) is 2.61. The van der Waals surface area contributed by atoms with Crippen LogP contribution in [0.25, 0.3) is 5.69 Å². The first-order chi connectivity index (χ1) is 13.4. The molecular formula is C20H18N4O4. The predicted octanol–water partition coefficient (Wildman–Crippen LogP) is 1.90. The lowest BCUT2D eigenvalue weighted by Gasteiger charge is -2.12. The normalized spacial score (nSPS) is 10.4. The number of amides is 2. The number of hydrogen-bond acceptors (Lipinski definition) is 5. The Morgan fingerprint density at radius 1 is 1.11 bits per heavy atom. The van der Waals surface area contributed by atoms with Crippen molar-refractivity contribution in [1.82, 2.24) is 9.78 Å². The maximum absolute atomic E-state index is 12.8. The molecule has 1 heterocycles. The number of anilines is 1. The van der Waals surface area contributed by atoms with Gasteiger partial charge in [0.05, 0.1) is 30.1 Å². The monoisotopic (exact) mass is 378 g/mol. The van der Waals surface area contributed by atoms with Crippen molar-refractivity contribution in [3.05, 3.63) is 81.8 Å². The molecular weight excluding hydrogens is 360 g/mol. The highest BCUT2D eigenvalue weighted by molar-refractivity contribution is 6.08. The minimum Gasteiger partial charge on any atom is -0.494 e. The van der Waals surface area contributed by atoms with Crippen molar-refractivity contribution in [1.29, 1.82) is 0 Å². The Morgan fingerprint density at radius 3 is 2.43 bits per heavy atom. The maximum Gasteiger partial charge on any atom is 0.280 e. The van der Waals surface area contributed by atoms with Crippen LogP contribution in [0.2, 0.25) is 0 Å². The molecule has 0 aliphatic rings. The van der Waals surface area contributed by atoms with Gasteiger partial charge in [-0.1, -0.05) is 29.8 Å². The summed E-state index contributed by atoms with van der Waals surface area (Å²) in [7, 11) is 1.33. The van der Waals surface area contributed by atoms with E-state index in [1.165, 1.54) is 19.2 Å². The van der Waals surface area contributed by atoms with Crippen molar-refractivity contribution in [3.8, 4) is 11.4 Å². The molecule has 0 bridgehead atoms. The van der Waals surface area contributed by atoms with E-state index < -0.39 is 17.4 Å². The van der Waals surface area contributed by atoms with Crippen molar-refractivity contribution < 1.29 is 14.3 Å². The summed E-state index contributed by atoms with van der Waals surface area (Å²) in [6.07, 6.45) is 0. The second-order valence-corrected chi connectivity index (χ2v) is 6.01. The van der Waals surface area contributed by atoms with Crippen LogP contribution < -0.4 is 21.3 Å². The fourth-order valence-electron chi connectivity index (χ4n) is 2.61. The zero-order valence-electron chi connectivity index (χ0n) is 15.3. The summed E-state index contributed by atoms with van der Waals surface area (Å²) < 4.78 is 6.25. The Hall–Kier alpha value is -3.94. The molecule has 0 saturated carbocycles. The van der Waals surface area contributed by atoms with Gasteiger partial charge in [0.15, 0.2) is 11.4 Å². The molecule has 2 aromatic carbocycles. The third-order valence-electron chi connectivity index (χ3n) is 4.05. The van der Waals surface area contributed by atoms with Crippen LogP contribution in [0.5, 0.6) is 5.75 Å². The molecule has 0 spiro atoms. The third-order valence-corrected chi connectivity index (χ3v) is 4.05. The molecule has 0 unspecified atom stereocenters. The summed E-state index contributed by atoms with van der Waals surface area (Å²) in [6.45, 7) is 1.92. The standard InChI is InChI=1S/C20H18N4O4/c1-12-7-9-13(10-8-12)24-17(25)11-16(28-2)18(23-24)20(27)22-15-6-4-3-5-14(15)19(21)26/h3-11H,1-2H3,(H2,21,26)(H,22,27). The average Bonchev–Trinajstić information content (AvgIpc) is 2.68. The molecule has 0 aliphatic heterocycles. The van der Waals surface area contributed by atoms with E-state index in [9.17, 15) is 14.4 Å². The van der Waals surface area contributed by atoms with Gasteiger partial charge in [-0.3, -0.25) is 14.4 Å². The molecule has 0 radical (unpaired) electrons. The number of aryl methyl sites for hydroxylation is 1. The average molecular weight is 378 g/mol. The number of carbonyl (C=O) groups excluding carboxylic acids is 2. The van der Waals surface area contributed by atoms with Crippen molar-refractivity contribution in [2.75, 3.05) is 12.4 Å². The van der Waals surface area contributed by atoms with Gasteiger partial charge >= 0.3 is 0 Å². The quantitative estimate of drug-likeness (QED) is 0.703. The molecule has 0 aliphatic carbocycles. The number of para-hydroxylation sites is 1. The van der Waals surface area contributed by atoms with Gasteiger partial charge in [0.1, 0.15) is 0 Å². The first-order valence-corrected chi connectivity index (χ1v) is 8.36. The van der Waals surface area contributed by atoms with Gasteiger partial charge in [0, 0.05) is 0 Å². The van der Waals surface area contributed by atoms with Gasteiger partial charge in [0.2, 0.25) is 0 Å². The largest absolute Gasteiger partial charge is 0.494 e. The molecule has 2 amide bonds. The Labute approximate surface area is 160 Å². The highest BCUT2D eigenvalue weighted by Gasteiger charge is 2.20. The minimum absolute atomic E-state index is 0.0161. The molecule has 8 heteroatoms. The number of ether oxygens (including phenoxy) is 1. The van der Waals surface area contributed by atoms with E-state index >= 15 is 0 Å². The third kappa shape index (κ3) is 3.75. The van der Waals surface area contributed by atoms with Crippen molar-refractivity contribution in [3.63, 3.8) is 0 Å². The Bertz CT molecular complexity index is 1100. The van der Waals surface area contributed by atoms with E-state index in [0.29, 0.717) is 5.69 Å². The van der Waals surface area contributed by atoms with Crippen LogP contribution in [-0.2, 0) is 0 Å². The lowest BCUT2D eigenvalue weighted by Crippen LogP contribution is -2.26. The van der Waals surface area contributed by atoms with Gasteiger partial charge < -0.3 is 15.8 Å². The van der Waals surface area contributed by atoms with Gasteiger partial charge in [-0.25, -0.2) is 0 Å². The topological polar surface area (TPSA) is 116 Å². The lowest BCUT2D eigenvalue weighted by atomic mass is 10.1. The molecule has 0 atom stereocenters. The van der Waals surface area contributed by atoms with Gasteiger partial charge in [-0.2, -0.15) is 9.78 Å². The minimum atomic E-state index is -0.680. The smallest absolute Gasteiger partial charge is 0.280 e. The summed E-state index contributed by atoms with van der Waals surface area (Å²) in [4.78, 5) is 36.7. The zero-order chi connectivity index (χ0) is 20.3. The Kier molecular flexibility index (Phi) is 5.21. The predicted molar refractivity (Wildman–Crippen MR) is 104 cm³/mol. The van der Waals surface area contributed by atoms with Gasteiger partial charge in [-0.05, 0) is 31.2 Å². The van der Waals surface area contributed by atoms with Crippen LogP contribution in [0.15, 0.2) is 59.4 Å². The number of aromatic nitrogens is 2. The summed E-state index contributed by atoms with van der Waals surface area (Å²) in [5, 5.41) is 6.76. The molecule has 3 aromatic rings. The molecule has 142 valence electrons. The van der Waals surface area contributed by atoms with E-state index in [1.54, 1.807) is 30.3 Å². The van der Waals surface area contributed by atoms with Crippen LogP contribution in [-0.4, -0.2) is 28.7 Å². The molecule has 0 fully saturated rings. The number of carbonyl (C=O) groups is 2. The van der Waals surface area contributed by atoms with E-state index in [1.807, 2.05) is 19.1 Å².